The van der Waals surface area contributed by atoms with Crippen LogP contribution in [-0.4, -0.2) is 42.8 Å². The monoisotopic (exact) mass is 408 g/mol. The predicted molar refractivity (Wildman–Crippen MR) is 108 cm³/mol. The number of nitrogens with zero attached hydrogens (tertiary/aromatic N) is 3. The standard InChI is InChI=1S/C21H20N4O3S/c22-9-17-19(13-1-3-14(4-2-13)28-15-11-27-12-15)18(10-23)21(25-20(17)24)29-16-5-7-26-8-6-16/h1-4,15-16H,5-8,11-12H2,(H2,24,25). The van der Waals surface area contributed by atoms with Crippen molar-refractivity contribution in [3.8, 4) is 29.0 Å². The van der Waals surface area contributed by atoms with Crippen molar-refractivity contribution in [2.75, 3.05) is 32.2 Å². The summed E-state index contributed by atoms with van der Waals surface area (Å²) < 4.78 is 16.3. The maximum Gasteiger partial charge on any atom is 0.145 e. The molecule has 0 amide bonds. The van der Waals surface area contributed by atoms with Gasteiger partial charge in [-0.05, 0) is 30.5 Å². The molecule has 0 aliphatic carbocycles. The molecule has 7 nitrogen and oxygen atoms in total. The highest BCUT2D eigenvalue weighted by Crippen LogP contribution is 2.39. The van der Waals surface area contributed by atoms with Gasteiger partial charge in [0.15, 0.2) is 0 Å². The molecule has 2 fully saturated rings. The van der Waals surface area contributed by atoms with Gasteiger partial charge < -0.3 is 19.9 Å². The molecule has 2 aliphatic rings. The molecular weight excluding hydrogens is 388 g/mol. The first-order valence-electron chi connectivity index (χ1n) is 9.42. The first-order valence-corrected chi connectivity index (χ1v) is 10.3. The fourth-order valence-corrected chi connectivity index (χ4v) is 4.46. The van der Waals surface area contributed by atoms with Crippen molar-refractivity contribution in [3.05, 3.63) is 35.4 Å². The number of hydrogen-bond donors (Lipinski definition) is 1. The van der Waals surface area contributed by atoms with Crippen LogP contribution in [0, 0.1) is 22.7 Å². The van der Waals surface area contributed by atoms with E-state index < -0.39 is 0 Å². The van der Waals surface area contributed by atoms with Crippen LogP contribution in [0.5, 0.6) is 5.75 Å². The summed E-state index contributed by atoms with van der Waals surface area (Å²) in [4.78, 5) is 4.39. The van der Waals surface area contributed by atoms with E-state index in [2.05, 4.69) is 17.1 Å². The number of nitrogen functional groups attached to an aromatic ring is 1. The number of nitrogens with two attached hydrogens (primary N) is 1. The van der Waals surface area contributed by atoms with Crippen LogP contribution in [0.2, 0.25) is 0 Å². The molecule has 2 saturated heterocycles. The van der Waals surface area contributed by atoms with E-state index >= 15 is 0 Å². The Morgan fingerprint density at radius 1 is 1.03 bits per heavy atom. The van der Waals surface area contributed by atoms with E-state index in [0.717, 1.165) is 24.2 Å². The lowest BCUT2D eigenvalue weighted by Crippen LogP contribution is -2.38. The normalized spacial score (nSPS) is 17.2. The number of pyridine rings is 1. The van der Waals surface area contributed by atoms with E-state index in [0.29, 0.717) is 47.8 Å². The van der Waals surface area contributed by atoms with Gasteiger partial charge in [-0.2, -0.15) is 10.5 Å². The quantitative estimate of drug-likeness (QED) is 0.802. The van der Waals surface area contributed by atoms with Gasteiger partial charge in [0, 0.05) is 24.0 Å². The smallest absolute Gasteiger partial charge is 0.145 e. The molecule has 0 radical (unpaired) electrons. The van der Waals surface area contributed by atoms with Crippen molar-refractivity contribution in [1.82, 2.24) is 4.98 Å². The largest absolute Gasteiger partial charge is 0.486 e. The van der Waals surface area contributed by atoms with Gasteiger partial charge in [0.1, 0.15) is 40.4 Å². The van der Waals surface area contributed by atoms with E-state index in [1.807, 2.05) is 24.3 Å². The highest BCUT2D eigenvalue weighted by Gasteiger charge is 2.24. The summed E-state index contributed by atoms with van der Waals surface area (Å²) in [7, 11) is 0. The zero-order valence-electron chi connectivity index (χ0n) is 15.8. The summed E-state index contributed by atoms with van der Waals surface area (Å²) in [5.41, 5.74) is 7.96. The Balaban J connectivity index is 1.70. The maximum atomic E-state index is 9.90. The minimum atomic E-state index is 0.0734. The first kappa shape index (κ1) is 19.5. The predicted octanol–water partition coefficient (Wildman–Crippen LogP) is 3.12. The number of nitriles is 2. The lowest BCUT2D eigenvalue weighted by molar-refractivity contribution is -0.0796. The topological polar surface area (TPSA) is 114 Å². The van der Waals surface area contributed by atoms with Crippen LogP contribution in [0.1, 0.15) is 24.0 Å². The van der Waals surface area contributed by atoms with Crippen LogP contribution in [0.15, 0.2) is 29.3 Å². The molecular formula is C21H20N4O3S. The minimum absolute atomic E-state index is 0.0734. The van der Waals surface area contributed by atoms with Crippen LogP contribution in [0.3, 0.4) is 0 Å². The van der Waals surface area contributed by atoms with Crippen molar-refractivity contribution in [3.63, 3.8) is 0 Å². The van der Waals surface area contributed by atoms with Gasteiger partial charge in [-0.1, -0.05) is 12.1 Å². The zero-order chi connectivity index (χ0) is 20.2. The van der Waals surface area contributed by atoms with Crippen LogP contribution in [-0.2, 0) is 9.47 Å². The van der Waals surface area contributed by atoms with Crippen molar-refractivity contribution in [2.24, 2.45) is 0 Å². The van der Waals surface area contributed by atoms with Crippen LogP contribution in [0.4, 0.5) is 5.82 Å². The van der Waals surface area contributed by atoms with E-state index in [4.69, 9.17) is 19.9 Å². The number of thioether (sulfide) groups is 1. The van der Waals surface area contributed by atoms with Crippen LogP contribution >= 0.6 is 11.8 Å². The summed E-state index contributed by atoms with van der Waals surface area (Å²) in [5, 5.41) is 20.4. The van der Waals surface area contributed by atoms with Crippen molar-refractivity contribution >= 4 is 17.6 Å². The fraction of sp³-hybridized carbons (Fsp3) is 0.381. The number of benzene rings is 1. The average Bonchev–Trinajstić information content (AvgIpc) is 2.71. The summed E-state index contributed by atoms with van der Waals surface area (Å²) in [5.74, 6) is 0.862. The highest BCUT2D eigenvalue weighted by atomic mass is 32.2. The van der Waals surface area contributed by atoms with Gasteiger partial charge in [0.25, 0.3) is 0 Å². The molecule has 2 N–H and O–H groups in total. The van der Waals surface area contributed by atoms with Gasteiger partial charge in [0.05, 0.1) is 18.8 Å². The molecule has 1 aromatic carbocycles. The Hall–Kier alpha value is -2.78. The van der Waals surface area contributed by atoms with Crippen molar-refractivity contribution in [2.45, 2.75) is 29.2 Å². The molecule has 2 aliphatic heterocycles. The number of ether oxygens (including phenoxy) is 3. The highest BCUT2D eigenvalue weighted by molar-refractivity contribution is 7.99. The number of rotatable bonds is 5. The number of anilines is 1. The van der Waals surface area contributed by atoms with Crippen molar-refractivity contribution < 1.29 is 14.2 Å². The summed E-state index contributed by atoms with van der Waals surface area (Å²) >= 11 is 1.54. The summed E-state index contributed by atoms with van der Waals surface area (Å²) in [6, 6.07) is 11.7. The molecule has 0 spiro atoms. The van der Waals surface area contributed by atoms with Gasteiger partial charge in [0.2, 0.25) is 0 Å². The molecule has 148 valence electrons. The third kappa shape index (κ3) is 4.15. The molecule has 0 bridgehead atoms. The fourth-order valence-electron chi connectivity index (χ4n) is 3.30. The molecule has 0 unspecified atom stereocenters. The van der Waals surface area contributed by atoms with E-state index in [9.17, 15) is 10.5 Å². The van der Waals surface area contributed by atoms with Gasteiger partial charge in [-0.25, -0.2) is 4.98 Å². The molecule has 4 rings (SSSR count). The summed E-state index contributed by atoms with van der Waals surface area (Å²) in [6.45, 7) is 2.58. The second-order valence-corrected chi connectivity index (χ2v) is 8.17. The SMILES string of the molecule is N#Cc1c(N)nc(SC2CCOCC2)c(C#N)c1-c1ccc(OC2COC2)cc1. The third-order valence-electron chi connectivity index (χ3n) is 4.92. The second-order valence-electron chi connectivity index (χ2n) is 6.88. The zero-order valence-corrected chi connectivity index (χ0v) is 16.6. The Bertz CT molecular complexity index is 971. The first-order chi connectivity index (χ1) is 14.2. The van der Waals surface area contributed by atoms with E-state index in [1.54, 1.807) is 0 Å². The lowest BCUT2D eigenvalue weighted by Gasteiger charge is -2.26. The molecule has 29 heavy (non-hydrogen) atoms. The Morgan fingerprint density at radius 2 is 1.72 bits per heavy atom. The van der Waals surface area contributed by atoms with Crippen LogP contribution < -0.4 is 10.5 Å². The number of hydrogen-bond acceptors (Lipinski definition) is 8. The Labute approximate surface area is 173 Å². The third-order valence-corrected chi connectivity index (χ3v) is 6.24. The van der Waals surface area contributed by atoms with Gasteiger partial charge in [-0.3, -0.25) is 0 Å². The minimum Gasteiger partial charge on any atom is -0.486 e. The maximum absolute atomic E-state index is 9.90. The van der Waals surface area contributed by atoms with Crippen molar-refractivity contribution in [1.29, 1.82) is 10.5 Å². The lowest BCUT2D eigenvalue weighted by atomic mass is 9.97. The van der Waals surface area contributed by atoms with Crippen LogP contribution in [0.25, 0.3) is 11.1 Å². The molecule has 0 saturated carbocycles. The number of aromatic nitrogens is 1. The Kier molecular flexibility index (Phi) is 5.86. The molecule has 8 heteroatoms. The summed E-state index contributed by atoms with van der Waals surface area (Å²) in [6.07, 6.45) is 1.86. The average molecular weight is 408 g/mol. The Morgan fingerprint density at radius 3 is 2.31 bits per heavy atom. The van der Waals surface area contributed by atoms with E-state index in [-0.39, 0.29) is 17.5 Å². The second kappa shape index (κ2) is 8.71. The molecule has 3 heterocycles. The molecule has 0 atom stereocenters. The van der Waals surface area contributed by atoms with E-state index in [1.165, 1.54) is 11.8 Å². The van der Waals surface area contributed by atoms with Gasteiger partial charge in [-0.15, -0.1) is 11.8 Å². The van der Waals surface area contributed by atoms with Gasteiger partial charge >= 0.3 is 0 Å². The molecule has 1 aromatic heterocycles. The molecule has 2 aromatic rings.